The Labute approximate surface area is 123 Å². The van der Waals surface area contributed by atoms with Crippen molar-refractivity contribution >= 4 is 28.9 Å². The third-order valence-corrected chi connectivity index (χ3v) is 3.75. The molecule has 0 fully saturated rings. The molecule has 0 aliphatic heterocycles. The van der Waals surface area contributed by atoms with Crippen LogP contribution in [0.15, 0.2) is 12.1 Å². The summed E-state index contributed by atoms with van der Waals surface area (Å²) in [6.07, 6.45) is 0.554. The Morgan fingerprint density at radius 3 is 2.37 bits per heavy atom. The first-order chi connectivity index (χ1) is 8.86. The minimum atomic E-state index is -0.416. The van der Waals surface area contributed by atoms with Crippen LogP contribution >= 0.6 is 23.2 Å². The van der Waals surface area contributed by atoms with E-state index < -0.39 is 4.92 Å². The van der Waals surface area contributed by atoms with Crippen LogP contribution in [-0.2, 0) is 6.42 Å². The van der Waals surface area contributed by atoms with Gasteiger partial charge in [0.05, 0.1) is 15.0 Å². The number of nitrogens with one attached hydrogen (secondary N) is 1. The molecule has 0 aromatic heterocycles. The highest BCUT2D eigenvalue weighted by molar-refractivity contribution is 6.42. The molecule has 19 heavy (non-hydrogen) atoms. The second kappa shape index (κ2) is 7.08. The van der Waals surface area contributed by atoms with Gasteiger partial charge >= 0.3 is 0 Å². The van der Waals surface area contributed by atoms with Crippen LogP contribution < -0.4 is 5.32 Å². The molecular weight excluding hydrogens is 287 g/mol. The number of rotatable bonds is 6. The van der Waals surface area contributed by atoms with E-state index in [0.717, 1.165) is 6.54 Å². The number of hydrogen-bond donors (Lipinski definition) is 1. The van der Waals surface area contributed by atoms with Crippen molar-refractivity contribution in [2.45, 2.75) is 33.2 Å². The van der Waals surface area contributed by atoms with Crippen molar-refractivity contribution in [2.24, 2.45) is 5.92 Å². The zero-order valence-electron chi connectivity index (χ0n) is 11.2. The topological polar surface area (TPSA) is 55.2 Å². The van der Waals surface area contributed by atoms with E-state index in [1.165, 1.54) is 6.07 Å². The Hall–Kier alpha value is -0.840. The van der Waals surface area contributed by atoms with Crippen LogP contribution in [0.5, 0.6) is 0 Å². The normalized spacial score (nSPS) is 12.7. The van der Waals surface area contributed by atoms with Crippen LogP contribution in [0.4, 0.5) is 5.69 Å². The Balaban J connectivity index is 3.10. The van der Waals surface area contributed by atoms with Crippen molar-refractivity contribution in [3.8, 4) is 0 Å². The van der Waals surface area contributed by atoms with E-state index in [9.17, 15) is 10.1 Å². The fourth-order valence-electron chi connectivity index (χ4n) is 1.95. The molecule has 0 radical (unpaired) electrons. The lowest BCUT2D eigenvalue weighted by atomic mass is 9.95. The molecule has 0 aliphatic carbocycles. The predicted octanol–water partition coefficient (Wildman–Crippen LogP) is 4.08. The molecule has 4 nitrogen and oxygen atoms in total. The van der Waals surface area contributed by atoms with Gasteiger partial charge in [0.1, 0.15) is 0 Å². The molecule has 0 saturated heterocycles. The summed E-state index contributed by atoms with van der Waals surface area (Å²) in [5.41, 5.74) is 0.636. The van der Waals surface area contributed by atoms with Crippen LogP contribution in [0.3, 0.4) is 0 Å². The average molecular weight is 305 g/mol. The zero-order chi connectivity index (χ0) is 14.6. The van der Waals surface area contributed by atoms with Gasteiger partial charge in [-0.3, -0.25) is 10.1 Å². The first kappa shape index (κ1) is 16.2. The molecule has 0 spiro atoms. The van der Waals surface area contributed by atoms with E-state index in [2.05, 4.69) is 19.2 Å². The summed E-state index contributed by atoms with van der Waals surface area (Å²) in [5, 5.41) is 15.0. The smallest absolute Gasteiger partial charge is 0.274 e. The summed E-state index contributed by atoms with van der Waals surface area (Å²) in [4.78, 5) is 10.7. The van der Waals surface area contributed by atoms with Crippen LogP contribution in [0.2, 0.25) is 10.0 Å². The van der Waals surface area contributed by atoms with E-state index in [1.807, 2.05) is 6.92 Å². The van der Waals surface area contributed by atoms with Gasteiger partial charge in [-0.25, -0.2) is 0 Å². The van der Waals surface area contributed by atoms with E-state index in [1.54, 1.807) is 6.07 Å². The van der Waals surface area contributed by atoms with Gasteiger partial charge in [-0.15, -0.1) is 0 Å². The summed E-state index contributed by atoms with van der Waals surface area (Å²) in [5.74, 6) is 0.369. The fraction of sp³-hybridized carbons (Fsp3) is 0.538. The molecule has 0 heterocycles. The Morgan fingerprint density at radius 1 is 1.32 bits per heavy atom. The molecule has 0 bridgehead atoms. The number of nitro groups is 1. The molecule has 1 aromatic rings. The lowest BCUT2D eigenvalue weighted by Crippen LogP contribution is -2.35. The fourth-order valence-corrected chi connectivity index (χ4v) is 2.30. The van der Waals surface area contributed by atoms with Gasteiger partial charge in [0.15, 0.2) is 0 Å². The molecule has 6 heteroatoms. The number of hydrogen-bond acceptors (Lipinski definition) is 3. The highest BCUT2D eigenvalue weighted by Gasteiger charge is 2.21. The molecule has 1 aromatic carbocycles. The molecule has 1 rings (SSSR count). The second-order valence-corrected chi connectivity index (χ2v) is 5.58. The summed E-state index contributed by atoms with van der Waals surface area (Å²) < 4.78 is 0. The molecule has 0 amide bonds. The van der Waals surface area contributed by atoms with Crippen LogP contribution in [0.25, 0.3) is 0 Å². The minimum Gasteiger partial charge on any atom is -0.314 e. The molecule has 1 atom stereocenters. The number of nitro benzene ring substituents is 1. The van der Waals surface area contributed by atoms with Gasteiger partial charge in [0.25, 0.3) is 5.69 Å². The molecular formula is C13H18Cl2N2O2. The lowest BCUT2D eigenvalue weighted by molar-refractivity contribution is -0.385. The first-order valence-electron chi connectivity index (χ1n) is 6.22. The van der Waals surface area contributed by atoms with Gasteiger partial charge < -0.3 is 5.32 Å². The van der Waals surface area contributed by atoms with Crippen molar-refractivity contribution < 1.29 is 4.92 Å². The largest absolute Gasteiger partial charge is 0.314 e. The molecule has 0 aliphatic rings. The second-order valence-electron chi connectivity index (χ2n) is 4.76. The molecule has 1 unspecified atom stereocenters. The monoisotopic (exact) mass is 304 g/mol. The van der Waals surface area contributed by atoms with Gasteiger partial charge in [0, 0.05) is 17.7 Å². The third-order valence-electron chi connectivity index (χ3n) is 3.03. The number of halogens is 2. The maximum Gasteiger partial charge on any atom is 0.274 e. The average Bonchev–Trinajstić information content (AvgIpc) is 2.32. The van der Waals surface area contributed by atoms with Crippen LogP contribution in [0.1, 0.15) is 26.3 Å². The first-order valence-corrected chi connectivity index (χ1v) is 6.98. The summed E-state index contributed by atoms with van der Waals surface area (Å²) in [7, 11) is 0. The Kier molecular flexibility index (Phi) is 6.04. The van der Waals surface area contributed by atoms with Gasteiger partial charge in [-0.05, 0) is 24.9 Å². The van der Waals surface area contributed by atoms with E-state index in [4.69, 9.17) is 23.2 Å². The molecule has 1 N–H and O–H groups in total. The van der Waals surface area contributed by atoms with Gasteiger partial charge in [-0.1, -0.05) is 44.0 Å². The summed E-state index contributed by atoms with van der Waals surface area (Å²) in [6.45, 7) is 6.99. The van der Waals surface area contributed by atoms with Crippen molar-refractivity contribution in [3.05, 3.63) is 37.9 Å². The van der Waals surface area contributed by atoms with E-state index >= 15 is 0 Å². The number of benzene rings is 1. The lowest BCUT2D eigenvalue weighted by Gasteiger charge is -2.21. The Bertz CT molecular complexity index is 464. The minimum absolute atomic E-state index is 0.0259. The quantitative estimate of drug-likeness (QED) is 0.636. The predicted molar refractivity (Wildman–Crippen MR) is 79.1 cm³/mol. The highest BCUT2D eigenvalue weighted by Crippen LogP contribution is 2.31. The number of nitrogens with zero attached hydrogens (tertiary/aromatic N) is 1. The molecule has 0 saturated carbocycles. The van der Waals surface area contributed by atoms with Crippen LogP contribution in [0, 0.1) is 16.0 Å². The Morgan fingerprint density at radius 2 is 1.89 bits per heavy atom. The van der Waals surface area contributed by atoms with Crippen molar-refractivity contribution in [1.29, 1.82) is 0 Å². The summed E-state index contributed by atoms with van der Waals surface area (Å²) >= 11 is 11.8. The van der Waals surface area contributed by atoms with Crippen molar-refractivity contribution in [1.82, 2.24) is 5.32 Å². The number of likely N-dealkylation sites (N-methyl/N-ethyl adjacent to an activating group) is 1. The summed E-state index contributed by atoms with van der Waals surface area (Å²) in [6, 6.07) is 3.08. The van der Waals surface area contributed by atoms with Gasteiger partial charge in [0.2, 0.25) is 0 Å². The van der Waals surface area contributed by atoms with E-state index in [-0.39, 0.29) is 16.8 Å². The van der Waals surface area contributed by atoms with Crippen LogP contribution in [-0.4, -0.2) is 17.5 Å². The standard InChI is InChI=1S/C13H18Cl2N2O2/c1-4-16-12(8(2)3)6-9-5-10(14)11(15)7-13(9)17(18)19/h5,7-8,12,16H,4,6H2,1-3H3. The van der Waals surface area contributed by atoms with E-state index in [0.29, 0.717) is 22.9 Å². The maximum absolute atomic E-state index is 11.1. The molecule has 106 valence electrons. The highest BCUT2D eigenvalue weighted by atomic mass is 35.5. The third kappa shape index (κ3) is 4.34. The SMILES string of the molecule is CCNC(Cc1cc(Cl)c(Cl)cc1[N+](=O)[O-])C(C)C. The zero-order valence-corrected chi connectivity index (χ0v) is 12.8. The van der Waals surface area contributed by atoms with Gasteiger partial charge in [-0.2, -0.15) is 0 Å². The van der Waals surface area contributed by atoms with Crippen molar-refractivity contribution in [3.63, 3.8) is 0 Å². The van der Waals surface area contributed by atoms with Crippen molar-refractivity contribution in [2.75, 3.05) is 6.54 Å². The maximum atomic E-state index is 11.1.